The molecule has 0 aromatic carbocycles. The Bertz CT molecular complexity index is 222. The fourth-order valence-electron chi connectivity index (χ4n) is 1.83. The van der Waals surface area contributed by atoms with E-state index in [1.807, 2.05) is 14.0 Å². The van der Waals surface area contributed by atoms with Gasteiger partial charge in [-0.1, -0.05) is 0 Å². The number of aliphatic carboxylic acids is 1. The van der Waals surface area contributed by atoms with Crippen LogP contribution in [0.1, 0.15) is 19.8 Å². The molecule has 1 aliphatic rings. The van der Waals surface area contributed by atoms with Gasteiger partial charge in [0, 0.05) is 19.7 Å². The fraction of sp³-hybridized carbons (Fsp3) is 0.909. The summed E-state index contributed by atoms with van der Waals surface area (Å²) in [6.45, 7) is 5.04. The van der Waals surface area contributed by atoms with Crippen LogP contribution in [0.3, 0.4) is 0 Å². The van der Waals surface area contributed by atoms with Crippen molar-refractivity contribution in [2.45, 2.75) is 32.0 Å². The molecular weight excluding hydrogens is 210 g/mol. The van der Waals surface area contributed by atoms with Crippen molar-refractivity contribution in [3.8, 4) is 0 Å². The lowest BCUT2D eigenvalue weighted by molar-refractivity contribution is -0.149. The van der Waals surface area contributed by atoms with Crippen molar-refractivity contribution in [1.29, 1.82) is 0 Å². The Balaban J connectivity index is 2.15. The Morgan fingerprint density at radius 3 is 2.88 bits per heavy atom. The summed E-state index contributed by atoms with van der Waals surface area (Å²) in [7, 11) is 2.00. The van der Waals surface area contributed by atoms with Gasteiger partial charge in [0.1, 0.15) is 0 Å². The van der Waals surface area contributed by atoms with E-state index in [4.69, 9.17) is 14.6 Å². The van der Waals surface area contributed by atoms with Crippen LogP contribution in [-0.2, 0) is 14.3 Å². The monoisotopic (exact) mass is 231 g/mol. The number of carboxylic acid groups (broad SMARTS) is 1. The van der Waals surface area contributed by atoms with E-state index >= 15 is 0 Å². The molecule has 0 bridgehead atoms. The topological polar surface area (TPSA) is 59.0 Å². The van der Waals surface area contributed by atoms with Crippen LogP contribution < -0.4 is 0 Å². The molecule has 1 rings (SSSR count). The van der Waals surface area contributed by atoms with Crippen LogP contribution >= 0.6 is 0 Å². The minimum Gasteiger partial charge on any atom is -0.479 e. The van der Waals surface area contributed by atoms with E-state index in [1.54, 1.807) is 0 Å². The van der Waals surface area contributed by atoms with Gasteiger partial charge in [-0.3, -0.25) is 0 Å². The summed E-state index contributed by atoms with van der Waals surface area (Å²) >= 11 is 0. The Morgan fingerprint density at radius 2 is 2.31 bits per heavy atom. The molecule has 5 nitrogen and oxygen atoms in total. The Hall–Kier alpha value is -0.650. The third kappa shape index (κ3) is 4.47. The van der Waals surface area contributed by atoms with Crippen molar-refractivity contribution in [2.75, 3.05) is 33.4 Å². The number of hydrogen-bond acceptors (Lipinski definition) is 4. The summed E-state index contributed by atoms with van der Waals surface area (Å²) in [5, 5.41) is 8.78. The van der Waals surface area contributed by atoms with Gasteiger partial charge in [-0.2, -0.15) is 0 Å². The van der Waals surface area contributed by atoms with Crippen molar-refractivity contribution in [3.63, 3.8) is 0 Å². The number of carboxylic acids is 1. The van der Waals surface area contributed by atoms with Crippen LogP contribution in [0.4, 0.5) is 0 Å². The first kappa shape index (κ1) is 13.4. The SMILES string of the molecule is CCOCCN(C)CC1CCC(C(=O)O)O1. The normalized spacial score (nSPS) is 25.2. The van der Waals surface area contributed by atoms with E-state index in [0.29, 0.717) is 13.0 Å². The minimum atomic E-state index is -0.848. The quantitative estimate of drug-likeness (QED) is 0.650. The predicted molar refractivity (Wildman–Crippen MR) is 59.5 cm³/mol. The molecule has 1 saturated heterocycles. The van der Waals surface area contributed by atoms with Crippen LogP contribution in [0.15, 0.2) is 0 Å². The van der Waals surface area contributed by atoms with Crippen molar-refractivity contribution in [1.82, 2.24) is 4.90 Å². The largest absolute Gasteiger partial charge is 0.479 e. The van der Waals surface area contributed by atoms with Crippen molar-refractivity contribution >= 4 is 5.97 Å². The summed E-state index contributed by atoms with van der Waals surface area (Å²) in [6, 6.07) is 0. The maximum absolute atomic E-state index is 10.7. The van der Waals surface area contributed by atoms with Gasteiger partial charge in [0.2, 0.25) is 0 Å². The number of nitrogens with zero attached hydrogens (tertiary/aromatic N) is 1. The second-order valence-corrected chi connectivity index (χ2v) is 4.12. The first-order chi connectivity index (χ1) is 7.63. The molecule has 0 spiro atoms. The van der Waals surface area contributed by atoms with Gasteiger partial charge in [0.05, 0.1) is 12.7 Å². The van der Waals surface area contributed by atoms with Crippen LogP contribution in [0, 0.1) is 0 Å². The maximum atomic E-state index is 10.7. The lowest BCUT2D eigenvalue weighted by atomic mass is 10.2. The number of hydrogen-bond donors (Lipinski definition) is 1. The number of ether oxygens (including phenoxy) is 2. The highest BCUT2D eigenvalue weighted by molar-refractivity contribution is 5.72. The molecule has 0 aliphatic carbocycles. The van der Waals surface area contributed by atoms with E-state index in [1.165, 1.54) is 0 Å². The first-order valence-corrected chi connectivity index (χ1v) is 5.78. The molecule has 1 aliphatic heterocycles. The standard InChI is InChI=1S/C11H21NO4/c1-3-15-7-6-12(2)8-9-4-5-10(16-9)11(13)14/h9-10H,3-8H2,1-2H3,(H,13,14). The number of rotatable bonds is 7. The Labute approximate surface area is 96.3 Å². The zero-order valence-corrected chi connectivity index (χ0v) is 10.0. The highest BCUT2D eigenvalue weighted by atomic mass is 16.5. The summed E-state index contributed by atoms with van der Waals surface area (Å²) in [4.78, 5) is 12.8. The van der Waals surface area contributed by atoms with Gasteiger partial charge < -0.3 is 19.5 Å². The summed E-state index contributed by atoms with van der Waals surface area (Å²) in [6.07, 6.45) is 0.896. The second kappa shape index (κ2) is 6.83. The highest BCUT2D eigenvalue weighted by Crippen LogP contribution is 2.20. The average molecular weight is 231 g/mol. The van der Waals surface area contributed by atoms with Gasteiger partial charge in [-0.15, -0.1) is 0 Å². The zero-order valence-electron chi connectivity index (χ0n) is 10.0. The predicted octanol–water partition coefficient (Wildman–Crippen LogP) is 0.587. The van der Waals surface area contributed by atoms with Gasteiger partial charge in [-0.05, 0) is 26.8 Å². The van der Waals surface area contributed by atoms with Gasteiger partial charge in [0.25, 0.3) is 0 Å². The van der Waals surface area contributed by atoms with E-state index in [9.17, 15) is 4.79 Å². The van der Waals surface area contributed by atoms with Gasteiger partial charge >= 0.3 is 5.97 Å². The van der Waals surface area contributed by atoms with E-state index in [-0.39, 0.29) is 6.10 Å². The van der Waals surface area contributed by atoms with Crippen molar-refractivity contribution in [3.05, 3.63) is 0 Å². The lowest BCUT2D eigenvalue weighted by Gasteiger charge is -2.20. The van der Waals surface area contributed by atoms with Crippen molar-refractivity contribution < 1.29 is 19.4 Å². The highest BCUT2D eigenvalue weighted by Gasteiger charge is 2.30. The molecule has 1 N–H and O–H groups in total. The summed E-state index contributed by atoms with van der Waals surface area (Å²) in [5.74, 6) is -0.848. The molecule has 0 amide bonds. The first-order valence-electron chi connectivity index (χ1n) is 5.78. The van der Waals surface area contributed by atoms with Gasteiger partial charge in [-0.25, -0.2) is 4.79 Å². The van der Waals surface area contributed by atoms with Crippen LogP contribution in [0.5, 0.6) is 0 Å². The molecule has 1 fully saturated rings. The number of likely N-dealkylation sites (N-methyl/N-ethyl adjacent to an activating group) is 1. The minimum absolute atomic E-state index is 0.0488. The number of carbonyl (C=O) groups is 1. The average Bonchev–Trinajstić information content (AvgIpc) is 2.66. The summed E-state index contributed by atoms with van der Waals surface area (Å²) < 4.78 is 10.7. The molecule has 0 saturated carbocycles. The van der Waals surface area contributed by atoms with Crippen LogP contribution in [-0.4, -0.2) is 61.5 Å². The molecule has 16 heavy (non-hydrogen) atoms. The van der Waals surface area contributed by atoms with E-state index in [2.05, 4.69) is 4.90 Å². The van der Waals surface area contributed by atoms with Crippen LogP contribution in [0.2, 0.25) is 0 Å². The molecule has 1 heterocycles. The molecular formula is C11H21NO4. The second-order valence-electron chi connectivity index (χ2n) is 4.12. The van der Waals surface area contributed by atoms with E-state index in [0.717, 1.165) is 26.1 Å². The summed E-state index contributed by atoms with van der Waals surface area (Å²) in [5.41, 5.74) is 0. The van der Waals surface area contributed by atoms with E-state index < -0.39 is 12.1 Å². The molecule has 5 heteroatoms. The maximum Gasteiger partial charge on any atom is 0.332 e. The zero-order chi connectivity index (χ0) is 12.0. The third-order valence-corrected chi connectivity index (χ3v) is 2.72. The smallest absolute Gasteiger partial charge is 0.332 e. The molecule has 0 aromatic rings. The van der Waals surface area contributed by atoms with Crippen molar-refractivity contribution in [2.24, 2.45) is 0 Å². The van der Waals surface area contributed by atoms with Gasteiger partial charge in [0.15, 0.2) is 6.10 Å². The molecule has 0 aromatic heterocycles. The molecule has 2 unspecified atom stereocenters. The third-order valence-electron chi connectivity index (χ3n) is 2.72. The lowest BCUT2D eigenvalue weighted by Crippen LogP contribution is -2.32. The fourth-order valence-corrected chi connectivity index (χ4v) is 1.83. The molecule has 2 atom stereocenters. The Morgan fingerprint density at radius 1 is 1.56 bits per heavy atom. The van der Waals surface area contributed by atoms with Crippen LogP contribution in [0.25, 0.3) is 0 Å². The Kier molecular flexibility index (Phi) is 5.73. The molecule has 0 radical (unpaired) electrons. The molecule has 94 valence electrons.